The van der Waals surface area contributed by atoms with Gasteiger partial charge in [0.25, 0.3) is 0 Å². The standard InChI is InChI=1S/C24H25N5O2/c1-14(2)30-22-10-18-17(11-26-22)12-27-23(18)16-5-7-25-21(9-16)29-8-6-20-19(13-29)28-24(31-20)15-3-4-15/h5,7,9-11,14-15H,3-4,6,8,12-13H2,1-2H3. The highest BCUT2D eigenvalue weighted by Gasteiger charge is 2.32. The molecule has 5 heterocycles. The second-order valence-electron chi connectivity index (χ2n) is 8.78. The van der Waals surface area contributed by atoms with Gasteiger partial charge in [-0.1, -0.05) is 0 Å². The maximum absolute atomic E-state index is 6.00. The number of pyridine rings is 2. The van der Waals surface area contributed by atoms with Crippen LogP contribution in [0.1, 0.15) is 66.6 Å². The number of rotatable bonds is 5. The van der Waals surface area contributed by atoms with Crippen LogP contribution in [0.4, 0.5) is 5.82 Å². The molecule has 0 N–H and O–H groups in total. The molecule has 0 radical (unpaired) electrons. The van der Waals surface area contributed by atoms with E-state index in [0.717, 1.165) is 65.1 Å². The van der Waals surface area contributed by atoms with Gasteiger partial charge in [-0.3, -0.25) is 4.99 Å². The van der Waals surface area contributed by atoms with E-state index in [1.807, 2.05) is 38.4 Å². The normalized spacial score (nSPS) is 17.5. The first-order valence-electron chi connectivity index (χ1n) is 11.0. The highest BCUT2D eigenvalue weighted by molar-refractivity contribution is 6.15. The van der Waals surface area contributed by atoms with Crippen molar-refractivity contribution in [2.45, 2.75) is 58.2 Å². The van der Waals surface area contributed by atoms with Crippen LogP contribution in [0.25, 0.3) is 0 Å². The summed E-state index contributed by atoms with van der Waals surface area (Å²) < 4.78 is 11.8. The molecule has 6 rings (SSSR count). The van der Waals surface area contributed by atoms with Gasteiger partial charge in [0, 0.05) is 54.0 Å². The molecule has 7 nitrogen and oxygen atoms in total. The molecule has 3 aromatic heterocycles. The van der Waals surface area contributed by atoms with Crippen molar-refractivity contribution in [2.24, 2.45) is 4.99 Å². The Morgan fingerprint density at radius 2 is 2.10 bits per heavy atom. The summed E-state index contributed by atoms with van der Waals surface area (Å²) in [4.78, 5) is 20.9. The first kappa shape index (κ1) is 18.5. The van der Waals surface area contributed by atoms with E-state index in [1.54, 1.807) is 0 Å². The van der Waals surface area contributed by atoms with Crippen molar-refractivity contribution in [3.8, 4) is 5.88 Å². The quantitative estimate of drug-likeness (QED) is 0.626. The third kappa shape index (κ3) is 3.48. The smallest absolute Gasteiger partial charge is 0.214 e. The molecule has 158 valence electrons. The average molecular weight is 415 g/mol. The van der Waals surface area contributed by atoms with Crippen LogP contribution in [0.3, 0.4) is 0 Å². The molecule has 0 spiro atoms. The molecular weight excluding hydrogens is 390 g/mol. The minimum atomic E-state index is 0.0841. The minimum Gasteiger partial charge on any atom is -0.475 e. The van der Waals surface area contributed by atoms with E-state index in [9.17, 15) is 0 Å². The predicted molar refractivity (Wildman–Crippen MR) is 117 cm³/mol. The van der Waals surface area contributed by atoms with Gasteiger partial charge in [-0.25, -0.2) is 15.0 Å². The Morgan fingerprint density at radius 1 is 1.19 bits per heavy atom. The highest BCUT2D eigenvalue weighted by Crippen LogP contribution is 2.41. The molecular formula is C24H25N5O2. The van der Waals surface area contributed by atoms with Crippen molar-refractivity contribution < 1.29 is 9.15 Å². The summed E-state index contributed by atoms with van der Waals surface area (Å²) in [5.74, 6) is 4.11. The minimum absolute atomic E-state index is 0.0841. The molecule has 3 aliphatic rings. The summed E-state index contributed by atoms with van der Waals surface area (Å²) in [6.45, 7) is 6.27. The molecule has 1 saturated carbocycles. The summed E-state index contributed by atoms with van der Waals surface area (Å²) in [5, 5.41) is 0. The number of anilines is 1. The zero-order valence-electron chi connectivity index (χ0n) is 17.8. The molecule has 0 atom stereocenters. The van der Waals surface area contributed by atoms with Crippen LogP contribution in [-0.2, 0) is 19.5 Å². The first-order chi connectivity index (χ1) is 15.1. The van der Waals surface area contributed by atoms with E-state index < -0.39 is 0 Å². The Bertz CT molecular complexity index is 1180. The van der Waals surface area contributed by atoms with Crippen molar-refractivity contribution in [2.75, 3.05) is 11.4 Å². The Morgan fingerprint density at radius 3 is 2.94 bits per heavy atom. The summed E-state index contributed by atoms with van der Waals surface area (Å²) in [6, 6.07) is 6.16. The van der Waals surface area contributed by atoms with Gasteiger partial charge < -0.3 is 14.1 Å². The fraction of sp³-hybridized carbons (Fsp3) is 0.417. The second kappa shape index (κ2) is 7.18. The maximum atomic E-state index is 6.00. The van der Waals surface area contributed by atoms with Gasteiger partial charge in [0.05, 0.1) is 24.9 Å². The number of oxazole rings is 1. The Kier molecular flexibility index (Phi) is 4.30. The fourth-order valence-corrected chi connectivity index (χ4v) is 4.27. The van der Waals surface area contributed by atoms with E-state index in [0.29, 0.717) is 18.3 Å². The van der Waals surface area contributed by atoms with Gasteiger partial charge >= 0.3 is 0 Å². The monoisotopic (exact) mass is 415 g/mol. The number of hydrogen-bond acceptors (Lipinski definition) is 7. The Hall–Kier alpha value is -3.22. The molecule has 0 amide bonds. The van der Waals surface area contributed by atoms with Crippen LogP contribution in [0.2, 0.25) is 0 Å². The van der Waals surface area contributed by atoms with Crippen LogP contribution < -0.4 is 9.64 Å². The van der Waals surface area contributed by atoms with Crippen LogP contribution >= 0.6 is 0 Å². The number of aliphatic imine (C=N–C) groups is 1. The van der Waals surface area contributed by atoms with Crippen LogP contribution in [0.5, 0.6) is 5.88 Å². The van der Waals surface area contributed by atoms with Gasteiger partial charge in [-0.05, 0) is 38.8 Å². The lowest BCUT2D eigenvalue weighted by atomic mass is 10.0. The van der Waals surface area contributed by atoms with Crippen molar-refractivity contribution in [3.05, 3.63) is 64.6 Å². The van der Waals surface area contributed by atoms with Crippen molar-refractivity contribution in [1.82, 2.24) is 15.0 Å². The van der Waals surface area contributed by atoms with E-state index in [1.165, 1.54) is 12.8 Å². The van der Waals surface area contributed by atoms with Crippen LogP contribution in [0.15, 0.2) is 40.0 Å². The van der Waals surface area contributed by atoms with Crippen molar-refractivity contribution in [1.29, 1.82) is 0 Å². The molecule has 3 aromatic rings. The molecule has 7 heteroatoms. The third-order valence-corrected chi connectivity index (χ3v) is 5.99. The second-order valence-corrected chi connectivity index (χ2v) is 8.78. The number of aromatic nitrogens is 3. The first-order valence-corrected chi connectivity index (χ1v) is 11.0. The number of ether oxygens (including phenoxy) is 1. The Labute approximate surface area is 181 Å². The lowest BCUT2D eigenvalue weighted by Crippen LogP contribution is -2.30. The molecule has 0 bridgehead atoms. The van der Waals surface area contributed by atoms with Gasteiger partial charge in [0.15, 0.2) is 5.89 Å². The van der Waals surface area contributed by atoms with Crippen LogP contribution in [0, 0.1) is 0 Å². The Balaban J connectivity index is 1.27. The topological polar surface area (TPSA) is 76.6 Å². The number of fused-ring (bicyclic) bond motifs is 2. The maximum Gasteiger partial charge on any atom is 0.214 e. The zero-order chi connectivity index (χ0) is 20.9. The van der Waals surface area contributed by atoms with Gasteiger partial charge in [-0.2, -0.15) is 0 Å². The average Bonchev–Trinajstić information content (AvgIpc) is 3.40. The van der Waals surface area contributed by atoms with E-state index >= 15 is 0 Å². The fourth-order valence-electron chi connectivity index (χ4n) is 4.27. The van der Waals surface area contributed by atoms with E-state index in [2.05, 4.69) is 20.9 Å². The molecule has 1 fully saturated rings. The molecule has 1 aliphatic carbocycles. The van der Waals surface area contributed by atoms with Gasteiger partial charge in [0.1, 0.15) is 17.3 Å². The van der Waals surface area contributed by atoms with E-state index in [-0.39, 0.29) is 6.10 Å². The zero-order valence-corrected chi connectivity index (χ0v) is 17.8. The number of hydrogen-bond donors (Lipinski definition) is 0. The lowest BCUT2D eigenvalue weighted by Gasteiger charge is -2.26. The summed E-state index contributed by atoms with van der Waals surface area (Å²) in [7, 11) is 0. The third-order valence-electron chi connectivity index (χ3n) is 5.99. The summed E-state index contributed by atoms with van der Waals surface area (Å²) >= 11 is 0. The van der Waals surface area contributed by atoms with E-state index in [4.69, 9.17) is 19.1 Å². The molecule has 0 aromatic carbocycles. The highest BCUT2D eigenvalue weighted by atomic mass is 16.5. The molecule has 0 unspecified atom stereocenters. The SMILES string of the molecule is CC(C)Oc1cc2c(cn1)CN=C2c1ccnc(N2CCc3oc(C4CC4)nc3C2)c1. The summed E-state index contributed by atoms with van der Waals surface area (Å²) in [5.41, 5.74) is 5.32. The van der Waals surface area contributed by atoms with Gasteiger partial charge in [-0.15, -0.1) is 0 Å². The molecule has 31 heavy (non-hydrogen) atoms. The van der Waals surface area contributed by atoms with Crippen LogP contribution in [-0.4, -0.2) is 33.3 Å². The summed E-state index contributed by atoms with van der Waals surface area (Å²) in [6.07, 6.45) is 7.10. The molecule has 2 aliphatic heterocycles. The van der Waals surface area contributed by atoms with Gasteiger partial charge in [0.2, 0.25) is 5.88 Å². The largest absolute Gasteiger partial charge is 0.475 e. The lowest BCUT2D eigenvalue weighted by molar-refractivity contribution is 0.232. The molecule has 0 saturated heterocycles. The van der Waals surface area contributed by atoms with Crippen molar-refractivity contribution >= 4 is 11.5 Å². The predicted octanol–water partition coefficient (Wildman–Crippen LogP) is 4.04. The number of nitrogens with zero attached hydrogens (tertiary/aromatic N) is 5. The van der Waals surface area contributed by atoms with Crippen molar-refractivity contribution in [3.63, 3.8) is 0 Å².